The van der Waals surface area contributed by atoms with Gasteiger partial charge in [-0.05, 0) is 32.2 Å². The van der Waals surface area contributed by atoms with Gasteiger partial charge in [-0.25, -0.2) is 0 Å². The standard InChI is InChI=1S/C19H39N/c1-3-5-6-7-8-9-10-12-16-19(15-4-2)17-13-11-14-18-20-19/h20H,3-18H2,1-2H3. The number of hydrogen-bond donors (Lipinski definition) is 1. The zero-order chi connectivity index (χ0) is 14.5. The third kappa shape index (κ3) is 7.67. The monoisotopic (exact) mass is 281 g/mol. The summed E-state index contributed by atoms with van der Waals surface area (Å²) >= 11 is 0. The van der Waals surface area contributed by atoms with Gasteiger partial charge >= 0.3 is 0 Å². The fourth-order valence-corrected chi connectivity index (χ4v) is 3.83. The van der Waals surface area contributed by atoms with E-state index < -0.39 is 0 Å². The topological polar surface area (TPSA) is 12.0 Å². The lowest BCUT2D eigenvalue weighted by Gasteiger charge is -2.34. The maximum Gasteiger partial charge on any atom is 0.0181 e. The molecule has 0 aliphatic carbocycles. The minimum Gasteiger partial charge on any atom is -0.311 e. The Labute approximate surface area is 128 Å². The molecular weight excluding hydrogens is 242 g/mol. The lowest BCUT2D eigenvalue weighted by molar-refractivity contribution is 0.261. The Balaban J connectivity index is 2.12. The zero-order valence-corrected chi connectivity index (χ0v) is 14.3. The van der Waals surface area contributed by atoms with Crippen molar-refractivity contribution in [3.63, 3.8) is 0 Å². The highest BCUT2D eigenvalue weighted by Crippen LogP contribution is 2.29. The molecule has 1 fully saturated rings. The lowest BCUT2D eigenvalue weighted by Crippen LogP contribution is -2.44. The van der Waals surface area contributed by atoms with Gasteiger partial charge in [0.1, 0.15) is 0 Å². The highest BCUT2D eigenvalue weighted by atomic mass is 15.0. The molecule has 0 spiro atoms. The van der Waals surface area contributed by atoms with Crippen molar-refractivity contribution in [2.24, 2.45) is 0 Å². The van der Waals surface area contributed by atoms with Gasteiger partial charge in [-0.1, -0.05) is 84.5 Å². The van der Waals surface area contributed by atoms with E-state index in [0.717, 1.165) is 0 Å². The first kappa shape index (κ1) is 18.0. The Hall–Kier alpha value is -0.0400. The molecule has 0 aromatic rings. The molecule has 120 valence electrons. The molecule has 20 heavy (non-hydrogen) atoms. The first-order valence-electron chi connectivity index (χ1n) is 9.58. The van der Waals surface area contributed by atoms with Gasteiger partial charge < -0.3 is 5.32 Å². The van der Waals surface area contributed by atoms with Gasteiger partial charge in [0.2, 0.25) is 0 Å². The fraction of sp³-hybridized carbons (Fsp3) is 1.00. The molecule has 1 atom stereocenters. The van der Waals surface area contributed by atoms with Crippen LogP contribution in [-0.4, -0.2) is 12.1 Å². The van der Waals surface area contributed by atoms with Crippen molar-refractivity contribution in [1.82, 2.24) is 5.32 Å². The van der Waals surface area contributed by atoms with E-state index in [1.165, 1.54) is 103 Å². The lowest BCUT2D eigenvalue weighted by atomic mass is 9.83. The van der Waals surface area contributed by atoms with Gasteiger partial charge in [0, 0.05) is 5.54 Å². The van der Waals surface area contributed by atoms with Crippen LogP contribution in [0.3, 0.4) is 0 Å². The van der Waals surface area contributed by atoms with Crippen LogP contribution < -0.4 is 5.32 Å². The zero-order valence-electron chi connectivity index (χ0n) is 14.3. The Bertz CT molecular complexity index is 204. The molecule has 1 heterocycles. The highest BCUT2D eigenvalue weighted by molar-refractivity contribution is 4.89. The first-order valence-corrected chi connectivity index (χ1v) is 9.58. The van der Waals surface area contributed by atoms with E-state index in [1.807, 2.05) is 0 Å². The smallest absolute Gasteiger partial charge is 0.0181 e. The van der Waals surface area contributed by atoms with Crippen LogP contribution in [0.25, 0.3) is 0 Å². The van der Waals surface area contributed by atoms with Gasteiger partial charge in [0.25, 0.3) is 0 Å². The van der Waals surface area contributed by atoms with Crippen molar-refractivity contribution in [2.75, 3.05) is 6.54 Å². The second-order valence-electron chi connectivity index (χ2n) is 6.99. The molecule has 0 saturated carbocycles. The molecule has 1 unspecified atom stereocenters. The number of hydrogen-bond acceptors (Lipinski definition) is 1. The van der Waals surface area contributed by atoms with Crippen molar-refractivity contribution >= 4 is 0 Å². The predicted molar refractivity (Wildman–Crippen MR) is 91.3 cm³/mol. The van der Waals surface area contributed by atoms with E-state index in [0.29, 0.717) is 5.54 Å². The van der Waals surface area contributed by atoms with Crippen molar-refractivity contribution in [3.05, 3.63) is 0 Å². The quantitative estimate of drug-likeness (QED) is 0.443. The molecule has 1 aliphatic heterocycles. The van der Waals surface area contributed by atoms with Crippen LogP contribution in [0.15, 0.2) is 0 Å². The summed E-state index contributed by atoms with van der Waals surface area (Å²) in [7, 11) is 0. The van der Waals surface area contributed by atoms with Crippen LogP contribution >= 0.6 is 0 Å². The third-order valence-corrected chi connectivity index (χ3v) is 5.07. The maximum atomic E-state index is 3.91. The molecule has 0 radical (unpaired) electrons. The number of nitrogens with one attached hydrogen (secondary N) is 1. The minimum absolute atomic E-state index is 0.507. The second-order valence-corrected chi connectivity index (χ2v) is 6.99. The van der Waals surface area contributed by atoms with Crippen LogP contribution in [0.2, 0.25) is 0 Å². The molecule has 0 aromatic heterocycles. The van der Waals surface area contributed by atoms with Crippen molar-refractivity contribution in [3.8, 4) is 0 Å². The SMILES string of the molecule is CCCCCCCCCCC1(CCC)CCCCCN1. The molecular formula is C19H39N. The summed E-state index contributed by atoms with van der Waals surface area (Å²) in [6.07, 6.45) is 21.4. The summed E-state index contributed by atoms with van der Waals surface area (Å²) in [4.78, 5) is 0. The molecule has 1 rings (SSSR count). The third-order valence-electron chi connectivity index (χ3n) is 5.07. The highest BCUT2D eigenvalue weighted by Gasteiger charge is 2.28. The summed E-state index contributed by atoms with van der Waals surface area (Å²) in [5.74, 6) is 0. The summed E-state index contributed by atoms with van der Waals surface area (Å²) < 4.78 is 0. The normalized spacial score (nSPS) is 23.7. The molecule has 1 N–H and O–H groups in total. The Morgan fingerprint density at radius 3 is 2.10 bits per heavy atom. The molecule has 0 amide bonds. The van der Waals surface area contributed by atoms with E-state index in [1.54, 1.807) is 0 Å². The largest absolute Gasteiger partial charge is 0.311 e. The molecule has 1 saturated heterocycles. The van der Waals surface area contributed by atoms with Crippen LogP contribution in [0.1, 0.15) is 110 Å². The maximum absolute atomic E-state index is 3.91. The molecule has 1 heteroatoms. The van der Waals surface area contributed by atoms with Gasteiger partial charge in [0.05, 0.1) is 0 Å². The first-order chi connectivity index (χ1) is 9.83. The molecule has 0 bridgehead atoms. The number of rotatable bonds is 11. The van der Waals surface area contributed by atoms with Crippen molar-refractivity contribution in [1.29, 1.82) is 0 Å². The predicted octanol–water partition coefficient (Wildman–Crippen LogP) is 6.22. The molecule has 1 aliphatic rings. The molecule has 0 aromatic carbocycles. The van der Waals surface area contributed by atoms with Crippen LogP contribution in [-0.2, 0) is 0 Å². The van der Waals surface area contributed by atoms with Gasteiger partial charge in [-0.2, -0.15) is 0 Å². The van der Waals surface area contributed by atoms with Crippen molar-refractivity contribution in [2.45, 2.75) is 116 Å². The fourth-order valence-electron chi connectivity index (χ4n) is 3.83. The Kier molecular flexibility index (Phi) is 10.4. The van der Waals surface area contributed by atoms with Crippen LogP contribution in [0, 0.1) is 0 Å². The molecule has 1 nitrogen and oxygen atoms in total. The average Bonchev–Trinajstić information content (AvgIpc) is 2.68. The Morgan fingerprint density at radius 1 is 0.700 bits per heavy atom. The average molecular weight is 282 g/mol. The van der Waals surface area contributed by atoms with Crippen LogP contribution in [0.5, 0.6) is 0 Å². The number of unbranched alkanes of at least 4 members (excludes halogenated alkanes) is 7. The summed E-state index contributed by atoms with van der Waals surface area (Å²) in [5.41, 5.74) is 0.507. The van der Waals surface area contributed by atoms with E-state index in [9.17, 15) is 0 Å². The summed E-state index contributed by atoms with van der Waals surface area (Å²) in [6.45, 7) is 5.91. The van der Waals surface area contributed by atoms with Gasteiger partial charge in [-0.3, -0.25) is 0 Å². The van der Waals surface area contributed by atoms with E-state index >= 15 is 0 Å². The van der Waals surface area contributed by atoms with Gasteiger partial charge in [-0.15, -0.1) is 0 Å². The summed E-state index contributed by atoms with van der Waals surface area (Å²) in [5, 5.41) is 3.91. The van der Waals surface area contributed by atoms with Gasteiger partial charge in [0.15, 0.2) is 0 Å². The summed E-state index contributed by atoms with van der Waals surface area (Å²) in [6, 6.07) is 0. The van der Waals surface area contributed by atoms with E-state index in [-0.39, 0.29) is 0 Å². The minimum atomic E-state index is 0.507. The Morgan fingerprint density at radius 2 is 1.40 bits per heavy atom. The van der Waals surface area contributed by atoms with E-state index in [4.69, 9.17) is 0 Å². The second kappa shape index (κ2) is 11.6. The van der Waals surface area contributed by atoms with E-state index in [2.05, 4.69) is 19.2 Å². The van der Waals surface area contributed by atoms with Crippen molar-refractivity contribution < 1.29 is 0 Å². The van der Waals surface area contributed by atoms with Crippen LogP contribution in [0.4, 0.5) is 0 Å².